The SMILES string of the molecule is CC[C@@H](CO)NS(=O)(=O)c1ccc(-c2ccnc3[nH]c(C4CC4)cc23)cc1. The Balaban J connectivity index is 1.65. The molecule has 1 atom stereocenters. The minimum Gasteiger partial charge on any atom is -0.395 e. The predicted octanol–water partition coefficient (Wildman–Crippen LogP) is 3.16. The number of fused-ring (bicyclic) bond motifs is 1. The molecule has 4 rings (SSSR count). The highest BCUT2D eigenvalue weighted by Crippen LogP contribution is 2.41. The van der Waals surface area contributed by atoms with Gasteiger partial charge in [-0.1, -0.05) is 19.1 Å². The molecule has 1 aliphatic rings. The molecule has 7 heteroatoms. The number of aliphatic hydroxyl groups excluding tert-OH is 1. The van der Waals surface area contributed by atoms with E-state index in [2.05, 4.69) is 20.8 Å². The highest BCUT2D eigenvalue weighted by Gasteiger charge is 2.26. The van der Waals surface area contributed by atoms with Crippen molar-refractivity contribution in [3.8, 4) is 11.1 Å². The molecular weight excluding hydrogens is 362 g/mol. The molecule has 6 nitrogen and oxygen atoms in total. The largest absolute Gasteiger partial charge is 0.395 e. The Labute approximate surface area is 158 Å². The molecule has 1 aromatic carbocycles. The fourth-order valence-corrected chi connectivity index (χ4v) is 4.57. The molecule has 3 N–H and O–H groups in total. The van der Waals surface area contributed by atoms with E-state index in [-0.39, 0.29) is 11.5 Å². The maximum atomic E-state index is 12.5. The van der Waals surface area contributed by atoms with Gasteiger partial charge in [0.2, 0.25) is 10.0 Å². The summed E-state index contributed by atoms with van der Waals surface area (Å²) >= 11 is 0. The highest BCUT2D eigenvalue weighted by molar-refractivity contribution is 7.89. The van der Waals surface area contributed by atoms with Crippen molar-refractivity contribution >= 4 is 21.1 Å². The van der Waals surface area contributed by atoms with Crippen molar-refractivity contribution in [3.05, 3.63) is 48.3 Å². The molecule has 3 aromatic rings. The van der Waals surface area contributed by atoms with E-state index in [1.807, 2.05) is 25.1 Å². The van der Waals surface area contributed by atoms with E-state index in [0.29, 0.717) is 12.3 Å². The number of aromatic amines is 1. The molecule has 0 radical (unpaired) electrons. The number of hydrogen-bond acceptors (Lipinski definition) is 4. The van der Waals surface area contributed by atoms with Gasteiger partial charge in [0.05, 0.1) is 11.5 Å². The lowest BCUT2D eigenvalue weighted by Gasteiger charge is -2.14. The summed E-state index contributed by atoms with van der Waals surface area (Å²) in [5.74, 6) is 0.615. The van der Waals surface area contributed by atoms with Crippen LogP contribution in [0.1, 0.15) is 37.8 Å². The molecule has 1 saturated carbocycles. The van der Waals surface area contributed by atoms with Gasteiger partial charge in [0, 0.05) is 23.3 Å². The lowest BCUT2D eigenvalue weighted by Crippen LogP contribution is -2.36. The van der Waals surface area contributed by atoms with Gasteiger partial charge in [-0.25, -0.2) is 18.1 Å². The van der Waals surface area contributed by atoms with Gasteiger partial charge in [-0.15, -0.1) is 0 Å². The second-order valence-corrected chi connectivity index (χ2v) is 8.77. The summed E-state index contributed by atoms with van der Waals surface area (Å²) in [6.45, 7) is 1.60. The zero-order valence-corrected chi connectivity index (χ0v) is 16.0. The molecule has 2 aromatic heterocycles. The van der Waals surface area contributed by atoms with Crippen molar-refractivity contribution in [2.75, 3.05) is 6.61 Å². The zero-order valence-electron chi connectivity index (χ0n) is 15.1. The number of hydrogen-bond donors (Lipinski definition) is 3. The van der Waals surface area contributed by atoms with Crippen LogP contribution in [0.15, 0.2) is 47.5 Å². The highest BCUT2D eigenvalue weighted by atomic mass is 32.2. The maximum absolute atomic E-state index is 12.5. The Bertz CT molecular complexity index is 1050. The average molecular weight is 385 g/mol. The van der Waals surface area contributed by atoms with Crippen molar-refractivity contribution in [1.29, 1.82) is 0 Å². The van der Waals surface area contributed by atoms with Crippen LogP contribution < -0.4 is 4.72 Å². The third-order valence-electron chi connectivity index (χ3n) is 5.08. The number of nitrogens with one attached hydrogen (secondary N) is 2. The Morgan fingerprint density at radius 1 is 1.26 bits per heavy atom. The molecule has 0 bridgehead atoms. The van der Waals surface area contributed by atoms with Crippen LogP contribution in [0.25, 0.3) is 22.2 Å². The Morgan fingerprint density at radius 2 is 2.00 bits per heavy atom. The molecule has 0 saturated heterocycles. The summed E-state index contributed by atoms with van der Waals surface area (Å²) in [4.78, 5) is 8.01. The minimum absolute atomic E-state index is 0.191. The Hall–Kier alpha value is -2.22. The zero-order chi connectivity index (χ0) is 19.0. The van der Waals surface area contributed by atoms with E-state index in [0.717, 1.165) is 22.2 Å². The van der Waals surface area contributed by atoms with Gasteiger partial charge >= 0.3 is 0 Å². The molecule has 0 amide bonds. The number of aromatic nitrogens is 2. The van der Waals surface area contributed by atoms with Crippen LogP contribution in [0.4, 0.5) is 0 Å². The number of H-pyrrole nitrogens is 1. The number of rotatable bonds is 7. The lowest BCUT2D eigenvalue weighted by atomic mass is 10.0. The van der Waals surface area contributed by atoms with Crippen molar-refractivity contribution in [2.45, 2.75) is 43.0 Å². The van der Waals surface area contributed by atoms with Crippen LogP contribution in [0.5, 0.6) is 0 Å². The van der Waals surface area contributed by atoms with Gasteiger partial charge in [0.1, 0.15) is 5.65 Å². The summed E-state index contributed by atoms with van der Waals surface area (Å²) in [5.41, 5.74) is 4.06. The van der Waals surface area contributed by atoms with E-state index in [9.17, 15) is 13.5 Å². The van der Waals surface area contributed by atoms with Crippen LogP contribution in [-0.2, 0) is 10.0 Å². The van der Waals surface area contributed by atoms with Gasteiger partial charge in [-0.2, -0.15) is 0 Å². The van der Waals surface area contributed by atoms with Gasteiger partial charge in [0.25, 0.3) is 0 Å². The first kappa shape index (κ1) is 18.2. The van der Waals surface area contributed by atoms with Crippen LogP contribution >= 0.6 is 0 Å². The van der Waals surface area contributed by atoms with E-state index in [4.69, 9.17) is 0 Å². The molecule has 1 aliphatic carbocycles. The number of aliphatic hydroxyl groups is 1. The monoisotopic (exact) mass is 385 g/mol. The van der Waals surface area contributed by atoms with Gasteiger partial charge < -0.3 is 10.1 Å². The van der Waals surface area contributed by atoms with E-state index in [1.165, 1.54) is 18.5 Å². The van der Waals surface area contributed by atoms with E-state index in [1.54, 1.807) is 18.3 Å². The number of nitrogens with zero attached hydrogens (tertiary/aromatic N) is 1. The Kier molecular flexibility index (Phi) is 4.75. The quantitative estimate of drug-likeness (QED) is 0.582. The van der Waals surface area contributed by atoms with Gasteiger partial charge in [-0.3, -0.25) is 0 Å². The first-order valence-electron chi connectivity index (χ1n) is 9.23. The molecule has 0 aliphatic heterocycles. The topological polar surface area (TPSA) is 95.1 Å². The molecule has 0 spiro atoms. The molecule has 1 fully saturated rings. The van der Waals surface area contributed by atoms with Crippen LogP contribution in [0, 0.1) is 0 Å². The van der Waals surface area contributed by atoms with E-state index >= 15 is 0 Å². The molecular formula is C20H23N3O3S. The van der Waals surface area contributed by atoms with Gasteiger partial charge in [0.15, 0.2) is 0 Å². The Morgan fingerprint density at radius 3 is 2.63 bits per heavy atom. The van der Waals surface area contributed by atoms with Gasteiger partial charge in [-0.05, 0) is 60.6 Å². The number of sulfonamides is 1. The van der Waals surface area contributed by atoms with Crippen molar-refractivity contribution < 1.29 is 13.5 Å². The molecule has 0 unspecified atom stereocenters. The smallest absolute Gasteiger partial charge is 0.240 e. The normalized spacial score (nSPS) is 15.9. The molecule has 2 heterocycles. The molecule has 142 valence electrons. The summed E-state index contributed by atoms with van der Waals surface area (Å²) < 4.78 is 27.5. The standard InChI is InChI=1S/C20H23N3O3S/c1-2-15(12-24)23-27(25,26)16-7-5-13(6-8-16)17-9-10-21-20-18(17)11-19(22-20)14-3-4-14/h5-11,14-15,23-24H,2-4,12H2,1H3,(H,21,22)/t15-/m0/s1. The number of benzene rings is 1. The van der Waals surface area contributed by atoms with Crippen LogP contribution in [0.3, 0.4) is 0 Å². The fraction of sp³-hybridized carbons (Fsp3) is 0.350. The fourth-order valence-electron chi connectivity index (χ4n) is 3.26. The van der Waals surface area contributed by atoms with Crippen molar-refractivity contribution in [2.24, 2.45) is 0 Å². The third kappa shape index (κ3) is 3.63. The summed E-state index contributed by atoms with van der Waals surface area (Å²) in [5, 5.41) is 10.3. The average Bonchev–Trinajstić information content (AvgIpc) is 3.44. The van der Waals surface area contributed by atoms with Crippen molar-refractivity contribution in [3.63, 3.8) is 0 Å². The van der Waals surface area contributed by atoms with E-state index < -0.39 is 16.1 Å². The summed E-state index contributed by atoms with van der Waals surface area (Å²) in [6, 6.07) is 10.5. The van der Waals surface area contributed by atoms with Crippen LogP contribution in [0.2, 0.25) is 0 Å². The minimum atomic E-state index is -3.65. The summed E-state index contributed by atoms with van der Waals surface area (Å²) in [7, 11) is -3.65. The summed E-state index contributed by atoms with van der Waals surface area (Å²) in [6.07, 6.45) is 4.73. The maximum Gasteiger partial charge on any atom is 0.240 e. The van der Waals surface area contributed by atoms with Crippen LogP contribution in [-0.4, -0.2) is 36.1 Å². The lowest BCUT2D eigenvalue weighted by molar-refractivity contribution is 0.254. The molecule has 27 heavy (non-hydrogen) atoms. The second kappa shape index (κ2) is 7.07. The second-order valence-electron chi connectivity index (χ2n) is 7.05. The first-order valence-corrected chi connectivity index (χ1v) is 10.7. The predicted molar refractivity (Wildman–Crippen MR) is 105 cm³/mol. The third-order valence-corrected chi connectivity index (χ3v) is 6.62. The number of pyridine rings is 1. The first-order chi connectivity index (χ1) is 13.0. The van der Waals surface area contributed by atoms with Crippen molar-refractivity contribution in [1.82, 2.24) is 14.7 Å².